The van der Waals surface area contributed by atoms with Gasteiger partial charge in [0.05, 0.1) is 16.6 Å². The Morgan fingerprint density at radius 2 is 1.54 bits per heavy atom. The Labute approximate surface area is 172 Å². The summed E-state index contributed by atoms with van der Waals surface area (Å²) in [6, 6.07) is 10.3. The number of hydrogen-bond donors (Lipinski definition) is 2. The average molecular weight is 425 g/mol. The molecule has 3 rings (SSSR count). The molecule has 2 aromatic carbocycles. The molecular formula is C19H19Cl2FN4O2. The maximum atomic E-state index is 12.9. The maximum absolute atomic E-state index is 12.9. The molecule has 6 nitrogen and oxygen atoms in total. The molecule has 0 spiro atoms. The second-order valence-electron chi connectivity index (χ2n) is 6.38. The minimum absolute atomic E-state index is 0.180. The van der Waals surface area contributed by atoms with Crippen LogP contribution in [0.15, 0.2) is 42.5 Å². The molecule has 0 aromatic heterocycles. The highest BCUT2D eigenvalue weighted by Gasteiger charge is 2.22. The Balaban J connectivity index is 1.44. The Hall–Kier alpha value is -2.35. The summed E-state index contributed by atoms with van der Waals surface area (Å²) in [7, 11) is 0. The molecule has 0 saturated carbocycles. The summed E-state index contributed by atoms with van der Waals surface area (Å²) in [6.45, 7) is 2.35. The third-order valence-electron chi connectivity index (χ3n) is 4.33. The Morgan fingerprint density at radius 3 is 2.18 bits per heavy atom. The SMILES string of the molecule is O=C(CN1CCN(C(=O)Nc2ccc(Cl)c(Cl)c2)CC1)Nc1ccc(F)cc1. The van der Waals surface area contributed by atoms with Gasteiger partial charge in [-0.3, -0.25) is 9.69 Å². The first-order valence-corrected chi connectivity index (χ1v) is 9.45. The lowest BCUT2D eigenvalue weighted by atomic mass is 10.3. The molecular weight excluding hydrogens is 406 g/mol. The first kappa shape index (κ1) is 20.4. The van der Waals surface area contributed by atoms with Crippen molar-refractivity contribution in [2.24, 2.45) is 0 Å². The summed E-state index contributed by atoms with van der Waals surface area (Å²) in [5, 5.41) is 6.31. The quantitative estimate of drug-likeness (QED) is 0.781. The van der Waals surface area contributed by atoms with Crippen molar-refractivity contribution in [3.63, 3.8) is 0 Å². The van der Waals surface area contributed by atoms with Gasteiger partial charge in [0.25, 0.3) is 0 Å². The second kappa shape index (κ2) is 9.23. The van der Waals surface area contributed by atoms with E-state index in [2.05, 4.69) is 10.6 Å². The van der Waals surface area contributed by atoms with Crippen LogP contribution in [0.5, 0.6) is 0 Å². The molecule has 1 heterocycles. The first-order valence-electron chi connectivity index (χ1n) is 8.69. The fraction of sp³-hybridized carbons (Fsp3) is 0.263. The maximum Gasteiger partial charge on any atom is 0.321 e. The summed E-state index contributed by atoms with van der Waals surface area (Å²) >= 11 is 11.8. The van der Waals surface area contributed by atoms with Crippen LogP contribution in [0.2, 0.25) is 10.0 Å². The van der Waals surface area contributed by atoms with Crippen molar-refractivity contribution < 1.29 is 14.0 Å². The number of nitrogens with one attached hydrogen (secondary N) is 2. The number of anilines is 2. The van der Waals surface area contributed by atoms with E-state index in [0.717, 1.165) is 0 Å². The summed E-state index contributed by atoms with van der Waals surface area (Å²) in [6.07, 6.45) is 0. The molecule has 0 bridgehead atoms. The smallest absolute Gasteiger partial charge is 0.321 e. The van der Waals surface area contributed by atoms with E-state index in [0.29, 0.717) is 47.6 Å². The Bertz CT molecular complexity index is 856. The predicted octanol–water partition coefficient (Wildman–Crippen LogP) is 3.92. The molecule has 2 N–H and O–H groups in total. The lowest BCUT2D eigenvalue weighted by molar-refractivity contribution is -0.117. The van der Waals surface area contributed by atoms with Crippen LogP contribution >= 0.6 is 23.2 Å². The van der Waals surface area contributed by atoms with Crippen LogP contribution in [0.1, 0.15) is 0 Å². The molecule has 2 aromatic rings. The number of carbonyl (C=O) groups excluding carboxylic acids is 2. The van der Waals surface area contributed by atoms with E-state index in [1.807, 2.05) is 4.90 Å². The van der Waals surface area contributed by atoms with Crippen LogP contribution in [0, 0.1) is 5.82 Å². The normalized spacial score (nSPS) is 14.6. The molecule has 0 radical (unpaired) electrons. The van der Waals surface area contributed by atoms with E-state index >= 15 is 0 Å². The van der Waals surface area contributed by atoms with E-state index < -0.39 is 0 Å². The number of rotatable bonds is 4. The summed E-state index contributed by atoms with van der Waals surface area (Å²) in [4.78, 5) is 28.1. The van der Waals surface area contributed by atoms with E-state index in [-0.39, 0.29) is 24.3 Å². The van der Waals surface area contributed by atoms with Gasteiger partial charge >= 0.3 is 6.03 Å². The highest BCUT2D eigenvalue weighted by atomic mass is 35.5. The molecule has 0 aliphatic carbocycles. The zero-order valence-electron chi connectivity index (χ0n) is 14.9. The van der Waals surface area contributed by atoms with Gasteiger partial charge in [-0.25, -0.2) is 9.18 Å². The summed E-state index contributed by atoms with van der Waals surface area (Å²) < 4.78 is 12.9. The summed E-state index contributed by atoms with van der Waals surface area (Å²) in [5.74, 6) is -0.534. The third-order valence-corrected chi connectivity index (χ3v) is 5.06. The molecule has 9 heteroatoms. The van der Waals surface area contributed by atoms with Gasteiger partial charge in [0, 0.05) is 37.6 Å². The van der Waals surface area contributed by atoms with Crippen molar-refractivity contribution in [3.05, 3.63) is 58.3 Å². The third kappa shape index (κ3) is 5.58. The monoisotopic (exact) mass is 424 g/mol. The van der Waals surface area contributed by atoms with Gasteiger partial charge in [-0.15, -0.1) is 0 Å². The van der Waals surface area contributed by atoms with E-state index in [4.69, 9.17) is 23.2 Å². The fourth-order valence-corrected chi connectivity index (χ4v) is 3.12. The van der Waals surface area contributed by atoms with Crippen LogP contribution < -0.4 is 10.6 Å². The fourth-order valence-electron chi connectivity index (χ4n) is 2.82. The molecule has 1 aliphatic rings. The number of nitrogens with zero attached hydrogens (tertiary/aromatic N) is 2. The van der Waals surface area contributed by atoms with Gasteiger partial charge in [0.2, 0.25) is 5.91 Å². The number of benzene rings is 2. The number of hydrogen-bond acceptors (Lipinski definition) is 3. The van der Waals surface area contributed by atoms with Gasteiger partial charge in [0.1, 0.15) is 5.82 Å². The number of carbonyl (C=O) groups is 2. The van der Waals surface area contributed by atoms with E-state index in [1.54, 1.807) is 23.1 Å². The van der Waals surface area contributed by atoms with Gasteiger partial charge in [-0.1, -0.05) is 23.2 Å². The van der Waals surface area contributed by atoms with Crippen molar-refractivity contribution >= 4 is 46.5 Å². The van der Waals surface area contributed by atoms with Crippen LogP contribution in [0.3, 0.4) is 0 Å². The Morgan fingerprint density at radius 1 is 0.893 bits per heavy atom. The zero-order chi connectivity index (χ0) is 20.1. The van der Waals surface area contributed by atoms with Gasteiger partial charge in [-0.2, -0.15) is 0 Å². The Kier molecular flexibility index (Phi) is 6.72. The van der Waals surface area contributed by atoms with Gasteiger partial charge in [0.15, 0.2) is 0 Å². The molecule has 1 aliphatic heterocycles. The van der Waals surface area contributed by atoms with E-state index in [1.165, 1.54) is 24.3 Å². The largest absolute Gasteiger partial charge is 0.325 e. The lowest BCUT2D eigenvalue weighted by Gasteiger charge is -2.34. The molecule has 1 fully saturated rings. The lowest BCUT2D eigenvalue weighted by Crippen LogP contribution is -2.51. The first-order chi connectivity index (χ1) is 13.4. The van der Waals surface area contributed by atoms with E-state index in [9.17, 15) is 14.0 Å². The number of amides is 3. The number of halogens is 3. The molecule has 148 valence electrons. The van der Waals surface area contributed by atoms with Crippen molar-refractivity contribution in [2.45, 2.75) is 0 Å². The van der Waals surface area contributed by atoms with Gasteiger partial charge < -0.3 is 15.5 Å². The van der Waals surface area contributed by atoms with Crippen LogP contribution in [-0.4, -0.2) is 54.5 Å². The zero-order valence-corrected chi connectivity index (χ0v) is 16.4. The standard InChI is InChI=1S/C19H19Cl2FN4O2/c20-16-6-5-15(11-17(16)21)24-19(28)26-9-7-25(8-10-26)12-18(27)23-14-3-1-13(22)2-4-14/h1-6,11H,7-10,12H2,(H,23,27)(H,24,28). The molecule has 0 atom stereocenters. The van der Waals surface area contributed by atoms with Crippen LogP contribution in [-0.2, 0) is 4.79 Å². The minimum atomic E-state index is -0.353. The molecule has 0 unspecified atom stereocenters. The molecule has 3 amide bonds. The number of urea groups is 1. The van der Waals surface area contributed by atoms with Crippen molar-refractivity contribution in [3.8, 4) is 0 Å². The highest BCUT2D eigenvalue weighted by molar-refractivity contribution is 6.42. The van der Waals surface area contributed by atoms with Gasteiger partial charge in [-0.05, 0) is 42.5 Å². The molecule has 1 saturated heterocycles. The minimum Gasteiger partial charge on any atom is -0.325 e. The van der Waals surface area contributed by atoms with Crippen molar-refractivity contribution in [1.29, 1.82) is 0 Å². The predicted molar refractivity (Wildman–Crippen MR) is 109 cm³/mol. The second-order valence-corrected chi connectivity index (χ2v) is 7.19. The number of piperazine rings is 1. The highest BCUT2D eigenvalue weighted by Crippen LogP contribution is 2.25. The average Bonchev–Trinajstić information content (AvgIpc) is 2.67. The van der Waals surface area contributed by atoms with Crippen LogP contribution in [0.4, 0.5) is 20.6 Å². The molecule has 28 heavy (non-hydrogen) atoms. The summed E-state index contributed by atoms with van der Waals surface area (Å²) in [5.41, 5.74) is 1.12. The van der Waals surface area contributed by atoms with Crippen molar-refractivity contribution in [2.75, 3.05) is 43.4 Å². The van der Waals surface area contributed by atoms with Crippen molar-refractivity contribution in [1.82, 2.24) is 9.80 Å². The van der Waals surface area contributed by atoms with Crippen LogP contribution in [0.25, 0.3) is 0 Å². The topological polar surface area (TPSA) is 64.7 Å².